The van der Waals surface area contributed by atoms with Crippen LogP contribution in [-0.2, 0) is 0 Å². The van der Waals surface area contributed by atoms with E-state index in [4.69, 9.17) is 21.1 Å². The van der Waals surface area contributed by atoms with Crippen LogP contribution in [0.15, 0.2) is 65.7 Å². The minimum atomic E-state index is 0.121. The summed E-state index contributed by atoms with van der Waals surface area (Å²) in [6, 6.07) is 19.6. The van der Waals surface area contributed by atoms with Crippen molar-refractivity contribution in [2.24, 2.45) is 4.99 Å². The Morgan fingerprint density at radius 2 is 1.79 bits per heavy atom. The van der Waals surface area contributed by atoms with Gasteiger partial charge in [-0.05, 0) is 86.7 Å². The second-order valence-corrected chi connectivity index (χ2v) is 9.94. The van der Waals surface area contributed by atoms with Gasteiger partial charge in [0.05, 0.1) is 17.8 Å². The van der Waals surface area contributed by atoms with E-state index in [1.165, 1.54) is 11.3 Å². The minimum absolute atomic E-state index is 0.121. The lowest BCUT2D eigenvalue weighted by molar-refractivity contribution is 0.376. The number of anilines is 1. The number of nitrogens with zero attached hydrogens (tertiary/aromatic N) is 2. The molecule has 4 rings (SSSR count). The van der Waals surface area contributed by atoms with Crippen LogP contribution in [0.5, 0.6) is 17.2 Å². The van der Waals surface area contributed by atoms with Crippen LogP contribution in [0.1, 0.15) is 57.6 Å². The second-order valence-electron chi connectivity index (χ2n) is 9.53. The van der Waals surface area contributed by atoms with Crippen molar-refractivity contribution in [3.05, 3.63) is 76.8 Å². The van der Waals surface area contributed by atoms with Crippen molar-refractivity contribution in [3.63, 3.8) is 0 Å². The lowest BCUT2D eigenvalue weighted by Crippen LogP contribution is -2.48. The summed E-state index contributed by atoms with van der Waals surface area (Å²) in [4.78, 5) is 7.18. The lowest BCUT2D eigenvalue weighted by atomic mass is 9.79. The van der Waals surface area contributed by atoms with Crippen molar-refractivity contribution in [2.45, 2.75) is 52.0 Å². The summed E-state index contributed by atoms with van der Waals surface area (Å²) in [5.74, 6) is 2.70. The first kappa shape index (κ1) is 24.2. The normalized spacial score (nSPS) is 17.0. The number of hydrogen-bond acceptors (Lipinski definition) is 4. The maximum absolute atomic E-state index is 6.73. The van der Waals surface area contributed by atoms with Crippen LogP contribution in [0.25, 0.3) is 0 Å². The minimum Gasteiger partial charge on any atom is -0.497 e. The first-order valence-electron chi connectivity index (χ1n) is 11.9. The molecule has 0 saturated carbocycles. The lowest BCUT2D eigenvalue weighted by Gasteiger charge is -2.47. The Kier molecular flexibility index (Phi) is 7.18. The van der Waals surface area contributed by atoms with Gasteiger partial charge < -0.3 is 14.4 Å². The molecule has 1 atom stereocenters. The fourth-order valence-electron chi connectivity index (χ4n) is 4.81. The number of aliphatic imine (C=N–C) groups is 1. The SMILES string of the molecule is CCCN1c2cc(Cl)c(C=Nc3ccc(Oc4cccc(OC)c4)cc3)cc2C(C)CC1(C)C. The molecule has 0 fully saturated rings. The molecule has 5 heteroatoms. The summed E-state index contributed by atoms with van der Waals surface area (Å²) in [5.41, 5.74) is 4.51. The average molecular weight is 477 g/mol. The Bertz CT molecular complexity index is 1170. The van der Waals surface area contributed by atoms with Gasteiger partial charge in [-0.25, -0.2) is 0 Å². The van der Waals surface area contributed by atoms with Crippen LogP contribution in [-0.4, -0.2) is 25.4 Å². The molecule has 0 saturated heterocycles. The summed E-state index contributed by atoms with van der Waals surface area (Å²) in [7, 11) is 1.64. The molecule has 1 aliphatic heterocycles. The molecule has 34 heavy (non-hydrogen) atoms. The molecule has 1 unspecified atom stereocenters. The van der Waals surface area contributed by atoms with Crippen molar-refractivity contribution in [3.8, 4) is 17.2 Å². The number of rotatable bonds is 7. The zero-order valence-electron chi connectivity index (χ0n) is 20.6. The van der Waals surface area contributed by atoms with Crippen LogP contribution < -0.4 is 14.4 Å². The van der Waals surface area contributed by atoms with Crippen molar-refractivity contribution in [1.29, 1.82) is 0 Å². The number of benzene rings is 3. The molecule has 0 N–H and O–H groups in total. The molecule has 0 radical (unpaired) electrons. The smallest absolute Gasteiger partial charge is 0.131 e. The van der Waals surface area contributed by atoms with E-state index in [9.17, 15) is 0 Å². The van der Waals surface area contributed by atoms with Gasteiger partial charge in [0, 0.05) is 35.6 Å². The molecule has 1 heterocycles. The Hall–Kier alpha value is -2.98. The fourth-order valence-corrected chi connectivity index (χ4v) is 5.02. The van der Waals surface area contributed by atoms with Crippen LogP contribution in [0.2, 0.25) is 5.02 Å². The Balaban J connectivity index is 1.53. The predicted molar refractivity (Wildman–Crippen MR) is 143 cm³/mol. The number of halogens is 1. The highest BCUT2D eigenvalue weighted by atomic mass is 35.5. The van der Waals surface area contributed by atoms with Gasteiger partial charge in [-0.15, -0.1) is 0 Å². The zero-order valence-corrected chi connectivity index (χ0v) is 21.4. The molecular formula is C29H33ClN2O2. The molecule has 0 aliphatic carbocycles. The van der Waals surface area contributed by atoms with E-state index in [0.717, 1.165) is 52.9 Å². The Morgan fingerprint density at radius 3 is 2.50 bits per heavy atom. The van der Waals surface area contributed by atoms with Gasteiger partial charge in [0.25, 0.3) is 0 Å². The maximum atomic E-state index is 6.73. The zero-order chi connectivity index (χ0) is 24.3. The monoisotopic (exact) mass is 476 g/mol. The van der Waals surface area contributed by atoms with Crippen molar-refractivity contribution in [1.82, 2.24) is 0 Å². The highest BCUT2D eigenvalue weighted by Gasteiger charge is 2.36. The maximum Gasteiger partial charge on any atom is 0.131 e. The fraction of sp³-hybridized carbons (Fsp3) is 0.345. The van der Waals surface area contributed by atoms with Gasteiger partial charge in [0.1, 0.15) is 17.2 Å². The molecule has 178 valence electrons. The molecule has 4 nitrogen and oxygen atoms in total. The summed E-state index contributed by atoms with van der Waals surface area (Å²) in [6.07, 6.45) is 4.08. The third-order valence-electron chi connectivity index (χ3n) is 6.42. The van der Waals surface area contributed by atoms with Crippen LogP contribution in [0.3, 0.4) is 0 Å². The highest BCUT2D eigenvalue weighted by molar-refractivity contribution is 6.33. The summed E-state index contributed by atoms with van der Waals surface area (Å²) in [5, 5.41) is 0.728. The van der Waals surface area contributed by atoms with Crippen LogP contribution >= 0.6 is 11.6 Å². The third-order valence-corrected chi connectivity index (χ3v) is 6.74. The first-order valence-corrected chi connectivity index (χ1v) is 12.3. The van der Waals surface area contributed by atoms with Crippen LogP contribution in [0, 0.1) is 0 Å². The molecule has 0 amide bonds. The summed E-state index contributed by atoms with van der Waals surface area (Å²) < 4.78 is 11.2. The second kappa shape index (κ2) is 10.1. The van der Waals surface area contributed by atoms with E-state index >= 15 is 0 Å². The van der Waals surface area contributed by atoms with E-state index < -0.39 is 0 Å². The molecule has 3 aromatic carbocycles. The van der Waals surface area contributed by atoms with Gasteiger partial charge in [-0.1, -0.05) is 31.5 Å². The van der Waals surface area contributed by atoms with E-state index in [1.54, 1.807) is 7.11 Å². The number of ether oxygens (including phenoxy) is 2. The quantitative estimate of drug-likeness (QED) is 0.321. The van der Waals surface area contributed by atoms with Crippen LogP contribution in [0.4, 0.5) is 11.4 Å². The Labute approximate surface area is 208 Å². The van der Waals surface area contributed by atoms with E-state index in [1.807, 2.05) is 54.7 Å². The van der Waals surface area contributed by atoms with Gasteiger partial charge in [0.15, 0.2) is 0 Å². The van der Waals surface area contributed by atoms with Gasteiger partial charge >= 0.3 is 0 Å². The predicted octanol–water partition coefficient (Wildman–Crippen LogP) is 8.39. The van der Waals surface area contributed by atoms with E-state index in [-0.39, 0.29) is 5.54 Å². The van der Waals surface area contributed by atoms with Crippen molar-refractivity contribution >= 4 is 29.2 Å². The van der Waals surface area contributed by atoms with E-state index in [2.05, 4.69) is 49.7 Å². The Morgan fingerprint density at radius 1 is 1.06 bits per heavy atom. The molecule has 1 aliphatic rings. The van der Waals surface area contributed by atoms with Gasteiger partial charge in [-0.2, -0.15) is 0 Å². The first-order chi connectivity index (χ1) is 16.3. The summed E-state index contributed by atoms with van der Waals surface area (Å²) in [6.45, 7) is 10.2. The van der Waals surface area contributed by atoms with Crippen molar-refractivity contribution < 1.29 is 9.47 Å². The van der Waals surface area contributed by atoms with E-state index in [0.29, 0.717) is 5.92 Å². The number of methoxy groups -OCH3 is 1. The highest BCUT2D eigenvalue weighted by Crippen LogP contribution is 2.45. The number of fused-ring (bicyclic) bond motifs is 1. The topological polar surface area (TPSA) is 34.1 Å². The molecule has 0 bridgehead atoms. The van der Waals surface area contributed by atoms with Gasteiger partial charge in [-0.3, -0.25) is 4.99 Å². The molecule has 0 spiro atoms. The van der Waals surface area contributed by atoms with Crippen molar-refractivity contribution in [2.75, 3.05) is 18.6 Å². The molecule has 0 aromatic heterocycles. The number of hydrogen-bond donors (Lipinski definition) is 0. The summed E-state index contributed by atoms with van der Waals surface area (Å²) >= 11 is 6.73. The molecule has 3 aromatic rings. The average Bonchev–Trinajstić information content (AvgIpc) is 2.81. The third kappa shape index (κ3) is 5.23. The molecular weight excluding hydrogens is 444 g/mol. The van der Waals surface area contributed by atoms with Gasteiger partial charge in [0.2, 0.25) is 0 Å². The standard InChI is InChI=1S/C29H33ClN2O2/c1-6-14-32-28-17-27(30)21(15-26(28)20(2)18-29(32,3)4)19-31-22-10-12-23(13-11-22)34-25-9-7-8-24(16-25)33-5/h7-13,15-17,19-20H,6,14,18H2,1-5H3. The largest absolute Gasteiger partial charge is 0.497 e.